The SMILES string of the molecule is O=C1O[C@H](c2ccccc2)C[C@H]1Cc1ccccc1. The van der Waals surface area contributed by atoms with Gasteiger partial charge in [-0.05, 0) is 17.5 Å². The molecule has 1 heterocycles. The molecule has 1 fully saturated rings. The summed E-state index contributed by atoms with van der Waals surface area (Å²) < 4.78 is 5.49. The first-order valence-corrected chi connectivity index (χ1v) is 6.62. The van der Waals surface area contributed by atoms with Crippen LogP contribution >= 0.6 is 0 Å². The second-order valence-corrected chi connectivity index (χ2v) is 4.96. The maximum absolute atomic E-state index is 11.9. The first-order valence-electron chi connectivity index (χ1n) is 6.62. The Morgan fingerprint density at radius 3 is 2.26 bits per heavy atom. The van der Waals surface area contributed by atoms with Gasteiger partial charge >= 0.3 is 5.97 Å². The average molecular weight is 252 g/mol. The van der Waals surface area contributed by atoms with Gasteiger partial charge in [0.1, 0.15) is 6.10 Å². The zero-order chi connectivity index (χ0) is 13.1. The summed E-state index contributed by atoms with van der Waals surface area (Å²) in [6.45, 7) is 0. The highest BCUT2D eigenvalue weighted by molar-refractivity contribution is 5.75. The molecule has 2 heteroatoms. The standard InChI is InChI=1S/C17H16O2/c18-17-15(11-13-7-3-1-4-8-13)12-16(19-17)14-9-5-2-6-10-14/h1-10,15-16H,11-12H2/t15-,16+/m1/s1. The van der Waals surface area contributed by atoms with Crippen LogP contribution in [0.3, 0.4) is 0 Å². The minimum atomic E-state index is -0.0811. The lowest BCUT2D eigenvalue weighted by Gasteiger charge is -2.08. The lowest BCUT2D eigenvalue weighted by Crippen LogP contribution is -2.10. The largest absolute Gasteiger partial charge is 0.457 e. The molecule has 0 saturated carbocycles. The van der Waals surface area contributed by atoms with Crippen LogP contribution in [0.25, 0.3) is 0 Å². The van der Waals surface area contributed by atoms with Gasteiger partial charge < -0.3 is 4.74 Å². The number of hydrogen-bond donors (Lipinski definition) is 0. The molecule has 0 bridgehead atoms. The van der Waals surface area contributed by atoms with E-state index in [4.69, 9.17) is 4.74 Å². The van der Waals surface area contributed by atoms with Crippen molar-refractivity contribution in [2.24, 2.45) is 5.92 Å². The zero-order valence-corrected chi connectivity index (χ0v) is 10.7. The first-order chi connectivity index (χ1) is 9.33. The summed E-state index contributed by atoms with van der Waals surface area (Å²) >= 11 is 0. The Labute approximate surface area is 113 Å². The van der Waals surface area contributed by atoms with Gasteiger partial charge in [0.05, 0.1) is 5.92 Å². The lowest BCUT2D eigenvalue weighted by atomic mass is 9.94. The molecule has 1 aliphatic heterocycles. The summed E-state index contributed by atoms with van der Waals surface area (Å²) in [6.07, 6.45) is 1.46. The third-order valence-corrected chi connectivity index (χ3v) is 3.59. The van der Waals surface area contributed by atoms with Crippen molar-refractivity contribution in [3.8, 4) is 0 Å². The molecule has 96 valence electrons. The molecule has 3 rings (SSSR count). The molecular weight excluding hydrogens is 236 g/mol. The topological polar surface area (TPSA) is 26.3 Å². The second-order valence-electron chi connectivity index (χ2n) is 4.96. The van der Waals surface area contributed by atoms with E-state index in [0.717, 1.165) is 18.4 Å². The fraction of sp³-hybridized carbons (Fsp3) is 0.235. The highest BCUT2D eigenvalue weighted by Gasteiger charge is 2.34. The van der Waals surface area contributed by atoms with Gasteiger partial charge in [0.15, 0.2) is 0 Å². The van der Waals surface area contributed by atoms with Crippen LogP contribution in [0.4, 0.5) is 0 Å². The number of esters is 1. The summed E-state index contributed by atoms with van der Waals surface area (Å²) in [5.41, 5.74) is 2.28. The Balaban J connectivity index is 1.71. The number of hydrogen-bond acceptors (Lipinski definition) is 2. The van der Waals surface area contributed by atoms with E-state index in [1.165, 1.54) is 5.56 Å². The van der Waals surface area contributed by atoms with Gasteiger partial charge in [-0.1, -0.05) is 60.7 Å². The van der Waals surface area contributed by atoms with Crippen LogP contribution in [0.2, 0.25) is 0 Å². The molecule has 0 amide bonds. The maximum atomic E-state index is 11.9. The van der Waals surface area contributed by atoms with Crippen molar-refractivity contribution in [2.75, 3.05) is 0 Å². The maximum Gasteiger partial charge on any atom is 0.310 e. The van der Waals surface area contributed by atoms with E-state index >= 15 is 0 Å². The first kappa shape index (κ1) is 12.0. The minimum Gasteiger partial charge on any atom is -0.457 e. The Morgan fingerprint density at radius 2 is 1.58 bits per heavy atom. The van der Waals surface area contributed by atoms with Crippen molar-refractivity contribution in [3.63, 3.8) is 0 Å². The van der Waals surface area contributed by atoms with Crippen LogP contribution in [-0.4, -0.2) is 5.97 Å². The smallest absolute Gasteiger partial charge is 0.310 e. The van der Waals surface area contributed by atoms with Gasteiger partial charge in [-0.15, -0.1) is 0 Å². The summed E-state index contributed by atoms with van der Waals surface area (Å²) in [5, 5.41) is 0. The molecule has 0 radical (unpaired) electrons. The van der Waals surface area contributed by atoms with Crippen LogP contribution in [0, 0.1) is 5.92 Å². The summed E-state index contributed by atoms with van der Waals surface area (Å²) in [7, 11) is 0. The number of benzene rings is 2. The van der Waals surface area contributed by atoms with E-state index in [1.54, 1.807) is 0 Å². The zero-order valence-electron chi connectivity index (χ0n) is 10.7. The molecule has 2 atom stereocenters. The Morgan fingerprint density at radius 1 is 0.947 bits per heavy atom. The van der Waals surface area contributed by atoms with Gasteiger partial charge in [0, 0.05) is 6.42 Å². The quantitative estimate of drug-likeness (QED) is 0.781. The number of rotatable bonds is 3. The molecular formula is C17H16O2. The fourth-order valence-electron chi connectivity index (χ4n) is 2.58. The minimum absolute atomic E-state index is 0.0207. The molecule has 2 aromatic carbocycles. The number of carbonyl (C=O) groups is 1. The molecule has 0 aliphatic carbocycles. The molecule has 0 aromatic heterocycles. The predicted octanol–water partition coefficient (Wildman–Crippen LogP) is 3.53. The van der Waals surface area contributed by atoms with E-state index in [0.29, 0.717) is 0 Å². The summed E-state index contributed by atoms with van der Waals surface area (Å²) in [6, 6.07) is 20.1. The average Bonchev–Trinajstić information content (AvgIpc) is 2.82. The molecule has 2 aromatic rings. The van der Waals surface area contributed by atoms with Crippen LogP contribution < -0.4 is 0 Å². The summed E-state index contributed by atoms with van der Waals surface area (Å²) in [5.74, 6) is -0.0923. The third kappa shape index (κ3) is 2.68. The predicted molar refractivity (Wildman–Crippen MR) is 73.5 cm³/mol. The van der Waals surface area contributed by atoms with Crippen molar-refractivity contribution in [1.29, 1.82) is 0 Å². The molecule has 1 saturated heterocycles. The van der Waals surface area contributed by atoms with Crippen molar-refractivity contribution in [3.05, 3.63) is 71.8 Å². The fourth-order valence-corrected chi connectivity index (χ4v) is 2.58. The Hall–Kier alpha value is -2.09. The normalized spacial score (nSPS) is 22.2. The van der Waals surface area contributed by atoms with Gasteiger partial charge in [0.2, 0.25) is 0 Å². The van der Waals surface area contributed by atoms with Crippen LogP contribution in [-0.2, 0) is 16.0 Å². The van der Waals surface area contributed by atoms with Gasteiger partial charge in [-0.25, -0.2) is 0 Å². The van der Waals surface area contributed by atoms with Crippen molar-refractivity contribution >= 4 is 5.97 Å². The Bertz CT molecular complexity index is 548. The monoisotopic (exact) mass is 252 g/mol. The molecule has 0 spiro atoms. The van der Waals surface area contributed by atoms with Crippen molar-refractivity contribution < 1.29 is 9.53 Å². The van der Waals surface area contributed by atoms with E-state index in [-0.39, 0.29) is 18.0 Å². The van der Waals surface area contributed by atoms with Gasteiger partial charge in [-0.2, -0.15) is 0 Å². The van der Waals surface area contributed by atoms with E-state index in [1.807, 2.05) is 48.5 Å². The summed E-state index contributed by atoms with van der Waals surface area (Å²) in [4.78, 5) is 11.9. The molecule has 2 nitrogen and oxygen atoms in total. The third-order valence-electron chi connectivity index (χ3n) is 3.59. The van der Waals surface area contributed by atoms with Gasteiger partial charge in [0.25, 0.3) is 0 Å². The number of cyclic esters (lactones) is 1. The molecule has 19 heavy (non-hydrogen) atoms. The second kappa shape index (κ2) is 5.27. The van der Waals surface area contributed by atoms with Crippen LogP contribution in [0.15, 0.2) is 60.7 Å². The number of ether oxygens (including phenoxy) is 1. The lowest BCUT2D eigenvalue weighted by molar-refractivity contribution is -0.144. The highest BCUT2D eigenvalue weighted by Crippen LogP contribution is 2.34. The number of carbonyl (C=O) groups excluding carboxylic acids is 1. The van der Waals surface area contributed by atoms with E-state index < -0.39 is 0 Å². The molecule has 1 aliphatic rings. The Kier molecular flexibility index (Phi) is 3.32. The van der Waals surface area contributed by atoms with Gasteiger partial charge in [-0.3, -0.25) is 4.79 Å². The van der Waals surface area contributed by atoms with Crippen LogP contribution in [0.1, 0.15) is 23.7 Å². The van der Waals surface area contributed by atoms with Crippen molar-refractivity contribution in [1.82, 2.24) is 0 Å². The highest BCUT2D eigenvalue weighted by atomic mass is 16.5. The van der Waals surface area contributed by atoms with Crippen molar-refractivity contribution in [2.45, 2.75) is 18.9 Å². The molecule has 0 N–H and O–H groups in total. The van der Waals surface area contributed by atoms with Crippen LogP contribution in [0.5, 0.6) is 0 Å². The molecule has 0 unspecified atom stereocenters. The van der Waals surface area contributed by atoms with E-state index in [2.05, 4.69) is 12.1 Å². The van der Waals surface area contributed by atoms with E-state index in [9.17, 15) is 4.79 Å².